The Bertz CT molecular complexity index is 1370. The van der Waals surface area contributed by atoms with Gasteiger partial charge in [0, 0.05) is 0 Å². The van der Waals surface area contributed by atoms with E-state index in [4.69, 9.17) is 0 Å². The van der Waals surface area contributed by atoms with E-state index in [-0.39, 0.29) is 11.7 Å². The third-order valence-corrected chi connectivity index (χ3v) is 7.04. The number of hydrogen-bond donors (Lipinski definition) is 1. The van der Waals surface area contributed by atoms with Crippen molar-refractivity contribution < 1.29 is 27.1 Å². The van der Waals surface area contributed by atoms with Crippen LogP contribution >= 0.6 is 0 Å². The fraction of sp³-hybridized carbons (Fsp3) is 0.226. The Balaban J connectivity index is 1.72. The van der Waals surface area contributed by atoms with Crippen molar-refractivity contribution in [2.75, 3.05) is 0 Å². The van der Waals surface area contributed by atoms with Crippen LogP contribution in [0.4, 0.5) is 22.0 Å². The van der Waals surface area contributed by atoms with E-state index in [1.54, 1.807) is 24.3 Å². The molecule has 4 aromatic carbocycles. The molecule has 37 heavy (non-hydrogen) atoms. The van der Waals surface area contributed by atoms with E-state index in [2.05, 4.69) is 6.07 Å². The first-order valence-corrected chi connectivity index (χ1v) is 12.2. The highest BCUT2D eigenvalue weighted by molar-refractivity contribution is 5.78. The van der Waals surface area contributed by atoms with Gasteiger partial charge in [0.25, 0.3) is 0 Å². The first kappa shape index (κ1) is 25.2. The van der Waals surface area contributed by atoms with E-state index in [9.17, 15) is 27.1 Å². The predicted molar refractivity (Wildman–Crippen MR) is 133 cm³/mol. The molecule has 1 nitrogen and oxygen atoms in total. The molecule has 5 rings (SSSR count). The molecular weight excluding hydrogens is 483 g/mol. The second-order valence-corrected chi connectivity index (χ2v) is 9.44. The lowest BCUT2D eigenvalue weighted by Gasteiger charge is -2.25. The minimum Gasteiger partial charge on any atom is -0.384 e. The number of alkyl halides is 3. The summed E-state index contributed by atoms with van der Waals surface area (Å²) in [5.41, 5.74) is 3.57. The largest absolute Gasteiger partial charge is 0.416 e. The summed E-state index contributed by atoms with van der Waals surface area (Å²) in [7, 11) is 0. The monoisotopic (exact) mass is 507 g/mol. The van der Waals surface area contributed by atoms with Gasteiger partial charge in [-0.2, -0.15) is 13.2 Å². The van der Waals surface area contributed by atoms with Gasteiger partial charge in [0.1, 0.15) is 17.7 Å². The van der Waals surface area contributed by atoms with E-state index in [1.807, 2.05) is 6.07 Å². The first-order valence-electron chi connectivity index (χ1n) is 12.2. The maximum atomic E-state index is 13.8. The van der Waals surface area contributed by atoms with Crippen molar-refractivity contribution in [1.29, 1.82) is 0 Å². The van der Waals surface area contributed by atoms with Crippen LogP contribution in [0.15, 0.2) is 78.9 Å². The quantitative estimate of drug-likeness (QED) is 0.268. The van der Waals surface area contributed by atoms with Crippen molar-refractivity contribution in [3.05, 3.63) is 119 Å². The number of aliphatic hydroxyl groups excluding tert-OH is 1. The zero-order valence-electron chi connectivity index (χ0n) is 19.8. The van der Waals surface area contributed by atoms with Crippen molar-refractivity contribution in [3.8, 4) is 22.3 Å². The smallest absolute Gasteiger partial charge is 0.384 e. The topological polar surface area (TPSA) is 20.2 Å². The summed E-state index contributed by atoms with van der Waals surface area (Å²) < 4.78 is 66.8. The van der Waals surface area contributed by atoms with Gasteiger partial charge in [-0.3, -0.25) is 0 Å². The molecule has 0 aromatic heterocycles. The van der Waals surface area contributed by atoms with Crippen molar-refractivity contribution in [1.82, 2.24) is 0 Å². The zero-order valence-corrected chi connectivity index (χ0v) is 19.8. The summed E-state index contributed by atoms with van der Waals surface area (Å²) in [6.07, 6.45) is -1.90. The average Bonchev–Trinajstić information content (AvgIpc) is 3.43. The molecule has 0 saturated heterocycles. The van der Waals surface area contributed by atoms with E-state index in [1.165, 1.54) is 36.4 Å². The summed E-state index contributed by atoms with van der Waals surface area (Å²) in [6.45, 7) is 0. The maximum Gasteiger partial charge on any atom is 0.416 e. The molecule has 0 amide bonds. The van der Waals surface area contributed by atoms with Crippen molar-refractivity contribution in [2.45, 2.75) is 43.9 Å². The maximum absolute atomic E-state index is 13.8. The molecule has 1 saturated carbocycles. The molecule has 0 heterocycles. The summed E-state index contributed by atoms with van der Waals surface area (Å²) in [4.78, 5) is 0. The molecule has 4 aromatic rings. The minimum absolute atomic E-state index is 0.0960. The Labute approximate surface area is 212 Å². The molecule has 0 aliphatic heterocycles. The van der Waals surface area contributed by atoms with Gasteiger partial charge in [0.2, 0.25) is 0 Å². The van der Waals surface area contributed by atoms with Gasteiger partial charge in [-0.25, -0.2) is 8.78 Å². The Morgan fingerprint density at radius 3 is 1.84 bits per heavy atom. The summed E-state index contributed by atoms with van der Waals surface area (Å²) in [5, 5.41) is 11.6. The van der Waals surface area contributed by atoms with Crippen LogP contribution < -0.4 is 0 Å². The van der Waals surface area contributed by atoms with Gasteiger partial charge >= 0.3 is 6.18 Å². The molecule has 1 radical (unpaired) electrons. The molecule has 189 valence electrons. The molecule has 0 spiro atoms. The third-order valence-electron chi connectivity index (χ3n) is 7.04. The fourth-order valence-electron chi connectivity index (χ4n) is 5.12. The van der Waals surface area contributed by atoms with Gasteiger partial charge < -0.3 is 5.11 Å². The van der Waals surface area contributed by atoms with Crippen LogP contribution in [0.5, 0.6) is 0 Å². The lowest BCUT2D eigenvalue weighted by molar-refractivity contribution is -0.137. The Kier molecular flexibility index (Phi) is 6.86. The number of aliphatic hydroxyl groups is 1. The van der Waals surface area contributed by atoms with E-state index in [0.717, 1.165) is 48.9 Å². The Morgan fingerprint density at radius 1 is 0.757 bits per heavy atom. The van der Waals surface area contributed by atoms with Crippen LogP contribution in [-0.2, 0) is 6.18 Å². The highest BCUT2D eigenvalue weighted by Gasteiger charge is 2.31. The van der Waals surface area contributed by atoms with E-state index in [0.29, 0.717) is 27.8 Å². The lowest BCUT2D eigenvalue weighted by Crippen LogP contribution is -2.11. The second kappa shape index (κ2) is 10.1. The van der Waals surface area contributed by atoms with Gasteiger partial charge in [0.05, 0.1) is 5.56 Å². The van der Waals surface area contributed by atoms with E-state index < -0.39 is 23.7 Å². The van der Waals surface area contributed by atoms with Crippen molar-refractivity contribution >= 4 is 0 Å². The van der Waals surface area contributed by atoms with Crippen LogP contribution in [0.2, 0.25) is 0 Å². The zero-order chi connectivity index (χ0) is 26.2. The Morgan fingerprint density at radius 2 is 1.30 bits per heavy atom. The van der Waals surface area contributed by atoms with Crippen LogP contribution in [0.25, 0.3) is 22.3 Å². The fourth-order valence-corrected chi connectivity index (χ4v) is 5.12. The summed E-state index contributed by atoms with van der Waals surface area (Å²) >= 11 is 0. The molecule has 0 bridgehead atoms. The number of halogens is 5. The van der Waals surface area contributed by atoms with Gasteiger partial charge in [-0.15, -0.1) is 0 Å². The molecule has 6 heteroatoms. The molecule has 1 aliphatic rings. The Hall–Kier alpha value is -3.51. The van der Waals surface area contributed by atoms with Gasteiger partial charge in [0.15, 0.2) is 0 Å². The predicted octanol–water partition coefficient (Wildman–Crippen LogP) is 8.86. The first-order chi connectivity index (χ1) is 17.7. The number of benzene rings is 4. The SMILES string of the molecule is OC(c1ccc(C(F)(F)F)cc1)c1c(C2CCCC2)[c]c(-c2ccc(F)cc2)cc1-c1ccc(F)cc1. The minimum atomic E-state index is -4.48. The molecule has 1 N–H and O–H groups in total. The molecule has 1 aliphatic carbocycles. The molecule has 1 unspecified atom stereocenters. The van der Waals surface area contributed by atoms with Gasteiger partial charge in [-0.05, 0) is 106 Å². The third kappa shape index (κ3) is 5.30. The van der Waals surface area contributed by atoms with Crippen LogP contribution in [-0.4, -0.2) is 5.11 Å². The van der Waals surface area contributed by atoms with Crippen molar-refractivity contribution in [3.63, 3.8) is 0 Å². The molecular formula is C31H24F5O. The standard InChI is InChI=1S/C31H24F5O/c32-25-13-7-19(8-14-25)23-17-27(20-3-1-2-4-20)29(28(18-23)21-9-15-26(33)16-10-21)30(37)22-5-11-24(12-6-22)31(34,35)36/h5-16,18,20,30,37H,1-4H2. The number of hydrogen-bond acceptors (Lipinski definition) is 1. The summed E-state index contributed by atoms with van der Waals surface area (Å²) in [5.74, 6) is -0.683. The molecule has 1 fully saturated rings. The van der Waals surface area contributed by atoms with Crippen molar-refractivity contribution in [2.24, 2.45) is 0 Å². The summed E-state index contributed by atoms with van der Waals surface area (Å²) in [6, 6.07) is 21.7. The normalized spacial score (nSPS) is 15.2. The highest BCUT2D eigenvalue weighted by atomic mass is 19.4. The molecule has 1 atom stereocenters. The van der Waals surface area contributed by atoms with Crippen LogP contribution in [0.1, 0.15) is 60.0 Å². The lowest BCUT2D eigenvalue weighted by atomic mass is 9.81. The van der Waals surface area contributed by atoms with Crippen LogP contribution in [0.3, 0.4) is 0 Å². The van der Waals surface area contributed by atoms with E-state index >= 15 is 0 Å². The highest BCUT2D eigenvalue weighted by Crippen LogP contribution is 2.45. The number of rotatable bonds is 5. The average molecular weight is 508 g/mol. The van der Waals surface area contributed by atoms with Gasteiger partial charge in [-0.1, -0.05) is 49.2 Å². The van der Waals surface area contributed by atoms with Crippen LogP contribution in [0, 0.1) is 17.7 Å². The second-order valence-electron chi connectivity index (χ2n) is 9.44.